The first kappa shape index (κ1) is 19.9. The van der Waals surface area contributed by atoms with Crippen molar-refractivity contribution in [1.82, 2.24) is 14.9 Å². The lowest BCUT2D eigenvalue weighted by Gasteiger charge is -2.13. The molecule has 26 heavy (non-hydrogen) atoms. The molecule has 2 aromatic carbocycles. The van der Waals surface area contributed by atoms with Gasteiger partial charge in [0.25, 0.3) is 0 Å². The van der Waals surface area contributed by atoms with Gasteiger partial charge in [0, 0.05) is 17.5 Å². The van der Waals surface area contributed by atoms with E-state index < -0.39 is 0 Å². The zero-order valence-electron chi connectivity index (χ0n) is 15.4. The van der Waals surface area contributed by atoms with Crippen molar-refractivity contribution in [3.05, 3.63) is 48.5 Å². The normalized spacial score (nSPS) is 10.6. The molecule has 5 nitrogen and oxygen atoms in total. The molecule has 3 rings (SSSR count). The van der Waals surface area contributed by atoms with Crippen molar-refractivity contribution in [3.8, 4) is 17.1 Å². The predicted octanol–water partition coefficient (Wildman–Crippen LogP) is 4.09. The number of nitrogens with zero attached hydrogens (tertiary/aromatic N) is 3. The maximum Gasteiger partial charge on any atom is 0.162 e. The van der Waals surface area contributed by atoms with Crippen molar-refractivity contribution in [3.63, 3.8) is 0 Å². The van der Waals surface area contributed by atoms with Gasteiger partial charge in [-0.2, -0.15) is 0 Å². The number of halogens is 1. The van der Waals surface area contributed by atoms with Gasteiger partial charge >= 0.3 is 0 Å². The van der Waals surface area contributed by atoms with Crippen molar-refractivity contribution in [1.29, 1.82) is 0 Å². The third-order valence-electron chi connectivity index (χ3n) is 4.03. The molecule has 0 spiro atoms. The Hall–Kier alpha value is -2.37. The molecule has 0 fully saturated rings. The summed E-state index contributed by atoms with van der Waals surface area (Å²) in [7, 11) is 5.83. The van der Waals surface area contributed by atoms with E-state index >= 15 is 0 Å². The molecule has 0 aliphatic carbocycles. The highest BCUT2D eigenvalue weighted by molar-refractivity contribution is 5.90. The second-order valence-corrected chi connectivity index (χ2v) is 6.23. The minimum atomic E-state index is 0. The molecule has 0 unspecified atom stereocenters. The molecule has 1 heterocycles. The lowest BCUT2D eigenvalue weighted by molar-refractivity contribution is 0.405. The summed E-state index contributed by atoms with van der Waals surface area (Å²) in [6.45, 7) is 1.92. The smallest absolute Gasteiger partial charge is 0.162 e. The molecule has 0 bridgehead atoms. The third kappa shape index (κ3) is 4.84. The van der Waals surface area contributed by atoms with Crippen LogP contribution >= 0.6 is 12.4 Å². The van der Waals surface area contributed by atoms with Crippen LogP contribution in [0.2, 0.25) is 0 Å². The molecule has 1 N–H and O–H groups in total. The third-order valence-corrected chi connectivity index (χ3v) is 4.03. The predicted molar refractivity (Wildman–Crippen MR) is 110 cm³/mol. The van der Waals surface area contributed by atoms with Crippen LogP contribution in [0.4, 0.5) is 5.82 Å². The highest BCUT2D eigenvalue weighted by atomic mass is 35.5. The standard InChI is InChI=1S/C20H24N4O.ClH/c1-24(2)14-6-13-21-20-17-7-4-5-8-18(17)22-19(23-20)15-9-11-16(25-3)12-10-15;/h4-5,7-12H,6,13-14H2,1-3H3,(H,21,22,23);1H. The number of rotatable bonds is 7. The van der Waals surface area contributed by atoms with Crippen LogP contribution in [0.5, 0.6) is 5.75 Å². The van der Waals surface area contributed by atoms with Gasteiger partial charge in [0.1, 0.15) is 11.6 Å². The average molecular weight is 373 g/mol. The van der Waals surface area contributed by atoms with Gasteiger partial charge < -0.3 is 15.0 Å². The minimum Gasteiger partial charge on any atom is -0.497 e. The number of benzene rings is 2. The number of hydrogen-bond donors (Lipinski definition) is 1. The molecule has 1 aromatic heterocycles. The lowest BCUT2D eigenvalue weighted by Crippen LogP contribution is -2.16. The van der Waals surface area contributed by atoms with Gasteiger partial charge in [-0.1, -0.05) is 12.1 Å². The summed E-state index contributed by atoms with van der Waals surface area (Å²) in [5.41, 5.74) is 1.92. The number of aromatic nitrogens is 2. The van der Waals surface area contributed by atoms with Gasteiger partial charge in [0.05, 0.1) is 12.6 Å². The van der Waals surface area contributed by atoms with E-state index in [4.69, 9.17) is 14.7 Å². The zero-order chi connectivity index (χ0) is 17.6. The van der Waals surface area contributed by atoms with E-state index in [2.05, 4.69) is 30.4 Å². The molecule has 0 aliphatic heterocycles. The summed E-state index contributed by atoms with van der Waals surface area (Å²) < 4.78 is 5.23. The summed E-state index contributed by atoms with van der Waals surface area (Å²) in [6, 6.07) is 15.9. The monoisotopic (exact) mass is 372 g/mol. The van der Waals surface area contributed by atoms with E-state index in [0.717, 1.165) is 53.4 Å². The van der Waals surface area contributed by atoms with E-state index in [1.54, 1.807) is 7.11 Å². The van der Waals surface area contributed by atoms with Crippen LogP contribution in [0, 0.1) is 0 Å². The maximum absolute atomic E-state index is 5.23. The first-order valence-corrected chi connectivity index (χ1v) is 8.47. The summed E-state index contributed by atoms with van der Waals surface area (Å²) in [5, 5.41) is 4.52. The summed E-state index contributed by atoms with van der Waals surface area (Å²) in [4.78, 5) is 11.7. The molecule has 0 amide bonds. The summed E-state index contributed by atoms with van der Waals surface area (Å²) in [6.07, 6.45) is 1.06. The van der Waals surface area contributed by atoms with Crippen LogP contribution in [0.15, 0.2) is 48.5 Å². The molecule has 138 valence electrons. The molecule has 0 aliphatic rings. The number of hydrogen-bond acceptors (Lipinski definition) is 5. The largest absolute Gasteiger partial charge is 0.497 e. The summed E-state index contributed by atoms with van der Waals surface area (Å²) >= 11 is 0. The number of fused-ring (bicyclic) bond motifs is 1. The molecule has 3 aromatic rings. The van der Waals surface area contributed by atoms with Gasteiger partial charge in [-0.05, 0) is 63.5 Å². The Labute approximate surface area is 160 Å². The van der Waals surface area contributed by atoms with Crippen LogP contribution < -0.4 is 10.1 Å². The van der Waals surface area contributed by atoms with Crippen molar-refractivity contribution < 1.29 is 4.74 Å². The van der Waals surface area contributed by atoms with Gasteiger partial charge in [0.15, 0.2) is 5.82 Å². The van der Waals surface area contributed by atoms with E-state index in [-0.39, 0.29) is 12.4 Å². The Bertz CT molecular complexity index is 837. The van der Waals surface area contributed by atoms with Gasteiger partial charge in [-0.3, -0.25) is 0 Å². The van der Waals surface area contributed by atoms with Crippen molar-refractivity contribution in [2.24, 2.45) is 0 Å². The van der Waals surface area contributed by atoms with Crippen molar-refractivity contribution in [2.75, 3.05) is 39.6 Å². The van der Waals surface area contributed by atoms with Gasteiger partial charge in [-0.15, -0.1) is 12.4 Å². The van der Waals surface area contributed by atoms with E-state index in [0.29, 0.717) is 0 Å². The molecule has 0 saturated heterocycles. The first-order valence-electron chi connectivity index (χ1n) is 8.47. The van der Waals surface area contributed by atoms with Crippen LogP contribution in [-0.4, -0.2) is 49.2 Å². The van der Waals surface area contributed by atoms with Crippen LogP contribution in [-0.2, 0) is 0 Å². The van der Waals surface area contributed by atoms with E-state index in [1.165, 1.54) is 0 Å². The average Bonchev–Trinajstić information content (AvgIpc) is 2.65. The minimum absolute atomic E-state index is 0. The molecule has 0 radical (unpaired) electrons. The fourth-order valence-electron chi connectivity index (χ4n) is 2.68. The van der Waals surface area contributed by atoms with E-state index in [9.17, 15) is 0 Å². The fourth-order valence-corrected chi connectivity index (χ4v) is 2.68. The Balaban J connectivity index is 0.00000243. The number of ether oxygens (including phenoxy) is 1. The lowest BCUT2D eigenvalue weighted by atomic mass is 10.1. The Kier molecular flexibility index (Phi) is 7.18. The number of methoxy groups -OCH3 is 1. The molecular formula is C20H25ClN4O. The number of para-hydroxylation sites is 1. The first-order chi connectivity index (χ1) is 12.2. The van der Waals surface area contributed by atoms with Gasteiger partial charge in [-0.25, -0.2) is 9.97 Å². The van der Waals surface area contributed by atoms with Gasteiger partial charge in [0.2, 0.25) is 0 Å². The quantitative estimate of drug-likeness (QED) is 0.633. The molecule has 0 saturated carbocycles. The zero-order valence-corrected chi connectivity index (χ0v) is 16.2. The number of anilines is 1. The fraction of sp³-hybridized carbons (Fsp3) is 0.300. The van der Waals surface area contributed by atoms with Crippen molar-refractivity contribution in [2.45, 2.75) is 6.42 Å². The van der Waals surface area contributed by atoms with Crippen LogP contribution in [0.25, 0.3) is 22.3 Å². The second-order valence-electron chi connectivity index (χ2n) is 6.23. The molecule has 6 heteroatoms. The highest BCUT2D eigenvalue weighted by Gasteiger charge is 2.09. The number of nitrogens with one attached hydrogen (secondary N) is 1. The topological polar surface area (TPSA) is 50.3 Å². The molecule has 0 atom stereocenters. The highest BCUT2D eigenvalue weighted by Crippen LogP contribution is 2.26. The Morgan fingerprint density at radius 1 is 1.00 bits per heavy atom. The van der Waals surface area contributed by atoms with Crippen LogP contribution in [0.1, 0.15) is 6.42 Å². The SMILES string of the molecule is COc1ccc(-c2nc(NCCCN(C)C)c3ccccc3n2)cc1.Cl. The Morgan fingerprint density at radius 3 is 2.42 bits per heavy atom. The second kappa shape index (κ2) is 9.36. The summed E-state index contributed by atoms with van der Waals surface area (Å²) in [5.74, 6) is 2.43. The Morgan fingerprint density at radius 2 is 1.73 bits per heavy atom. The van der Waals surface area contributed by atoms with Crippen LogP contribution in [0.3, 0.4) is 0 Å². The maximum atomic E-state index is 5.23. The van der Waals surface area contributed by atoms with Crippen molar-refractivity contribution >= 4 is 29.1 Å². The van der Waals surface area contributed by atoms with E-state index in [1.807, 2.05) is 42.5 Å². The molecular weight excluding hydrogens is 348 g/mol.